The number of carbonyl (C=O) groups is 2. The number of benzene rings is 2. The molecule has 0 aliphatic rings. The van der Waals surface area contributed by atoms with E-state index in [0.717, 1.165) is 10.9 Å². The third-order valence-corrected chi connectivity index (χ3v) is 4.00. The first kappa shape index (κ1) is 15.1. The molecule has 3 rings (SSSR count). The Labute approximate surface area is 137 Å². The molecule has 3 N–H and O–H groups in total. The van der Waals surface area contributed by atoms with E-state index in [-0.39, 0.29) is 5.91 Å². The van der Waals surface area contributed by atoms with Gasteiger partial charge in [0.1, 0.15) is 5.69 Å². The van der Waals surface area contributed by atoms with Crippen LogP contribution >= 0.6 is 11.6 Å². The van der Waals surface area contributed by atoms with E-state index in [9.17, 15) is 9.59 Å². The van der Waals surface area contributed by atoms with E-state index in [2.05, 4.69) is 5.32 Å². The molecular formula is C17H14ClN3O2. The van der Waals surface area contributed by atoms with E-state index < -0.39 is 5.91 Å². The number of fused-ring (bicyclic) bond motifs is 1. The van der Waals surface area contributed by atoms with Crippen molar-refractivity contribution in [3.8, 4) is 0 Å². The first-order chi connectivity index (χ1) is 11.0. The van der Waals surface area contributed by atoms with Crippen LogP contribution in [-0.2, 0) is 7.05 Å². The highest BCUT2D eigenvalue weighted by Crippen LogP contribution is 2.26. The molecule has 0 aliphatic heterocycles. The zero-order valence-electron chi connectivity index (χ0n) is 12.3. The van der Waals surface area contributed by atoms with Crippen LogP contribution in [0.15, 0.2) is 48.5 Å². The molecule has 0 saturated carbocycles. The number of nitrogens with zero attached hydrogens (tertiary/aromatic N) is 1. The molecule has 23 heavy (non-hydrogen) atoms. The fraction of sp³-hybridized carbons (Fsp3) is 0.0588. The van der Waals surface area contributed by atoms with Gasteiger partial charge in [-0.3, -0.25) is 9.59 Å². The molecule has 2 amide bonds. The van der Waals surface area contributed by atoms with Crippen molar-refractivity contribution in [2.24, 2.45) is 12.8 Å². The molecule has 2 aromatic carbocycles. The molecule has 0 saturated heterocycles. The summed E-state index contributed by atoms with van der Waals surface area (Å²) in [5.74, 6) is -0.834. The average Bonchev–Trinajstić information content (AvgIpc) is 2.86. The summed E-state index contributed by atoms with van der Waals surface area (Å²) in [5.41, 5.74) is 7.42. The first-order valence-corrected chi connectivity index (χ1v) is 7.30. The molecule has 0 unspecified atom stereocenters. The van der Waals surface area contributed by atoms with Crippen LogP contribution < -0.4 is 11.1 Å². The number of amides is 2. The van der Waals surface area contributed by atoms with Gasteiger partial charge in [0.05, 0.1) is 0 Å². The third kappa shape index (κ3) is 2.78. The Hall–Kier alpha value is -2.79. The second kappa shape index (κ2) is 5.78. The fourth-order valence-electron chi connectivity index (χ4n) is 2.49. The molecule has 0 fully saturated rings. The number of hydrogen-bond acceptors (Lipinski definition) is 2. The lowest BCUT2D eigenvalue weighted by molar-refractivity contribution is 0.0995. The van der Waals surface area contributed by atoms with Crippen LogP contribution in [0, 0.1) is 0 Å². The average molecular weight is 328 g/mol. The molecule has 0 bridgehead atoms. The van der Waals surface area contributed by atoms with Crippen LogP contribution in [-0.4, -0.2) is 16.4 Å². The number of aryl methyl sites for hydroxylation is 1. The minimum atomic E-state index is -0.544. The second-order valence-electron chi connectivity index (χ2n) is 5.16. The van der Waals surface area contributed by atoms with Crippen molar-refractivity contribution in [3.05, 3.63) is 64.8 Å². The molecule has 3 aromatic rings. The first-order valence-electron chi connectivity index (χ1n) is 6.92. The summed E-state index contributed by atoms with van der Waals surface area (Å²) >= 11 is 6.17. The molecule has 0 radical (unpaired) electrons. The zero-order chi connectivity index (χ0) is 16.6. The van der Waals surface area contributed by atoms with Crippen LogP contribution in [0.2, 0.25) is 5.02 Å². The maximum atomic E-state index is 12.5. The predicted octanol–water partition coefficient (Wildman–Crippen LogP) is 3.18. The van der Waals surface area contributed by atoms with E-state index >= 15 is 0 Å². The van der Waals surface area contributed by atoms with Crippen molar-refractivity contribution < 1.29 is 9.59 Å². The molecule has 5 nitrogen and oxygen atoms in total. The monoisotopic (exact) mass is 327 g/mol. The standard InChI is InChI=1S/C17H14ClN3O2/c1-21-14-7-3-6-13(18)12(14)9-15(21)17(23)20-11-5-2-4-10(8-11)16(19)22/h2-9H,1H3,(H2,19,22)(H,20,23). The smallest absolute Gasteiger partial charge is 0.272 e. The van der Waals surface area contributed by atoms with Gasteiger partial charge in [-0.25, -0.2) is 0 Å². The number of hydrogen-bond donors (Lipinski definition) is 2. The summed E-state index contributed by atoms with van der Waals surface area (Å²) in [5, 5.41) is 4.17. The SMILES string of the molecule is Cn1c(C(=O)Nc2cccc(C(N)=O)c2)cc2c(Cl)cccc21. The summed E-state index contributed by atoms with van der Waals surface area (Å²) < 4.78 is 1.77. The van der Waals surface area contributed by atoms with Gasteiger partial charge in [0.2, 0.25) is 5.91 Å². The normalized spacial score (nSPS) is 10.7. The number of primary amides is 1. The van der Waals surface area contributed by atoms with Gasteiger partial charge in [-0.05, 0) is 36.4 Å². The van der Waals surface area contributed by atoms with Gasteiger partial charge in [-0.15, -0.1) is 0 Å². The molecule has 0 aliphatic carbocycles. The Morgan fingerprint density at radius 1 is 1.13 bits per heavy atom. The summed E-state index contributed by atoms with van der Waals surface area (Å²) in [6, 6.07) is 13.7. The highest BCUT2D eigenvalue weighted by molar-refractivity contribution is 6.35. The minimum Gasteiger partial charge on any atom is -0.366 e. The van der Waals surface area contributed by atoms with Crippen molar-refractivity contribution >= 4 is 40.0 Å². The van der Waals surface area contributed by atoms with Crippen LogP contribution in [0.25, 0.3) is 10.9 Å². The van der Waals surface area contributed by atoms with Crippen LogP contribution in [0.4, 0.5) is 5.69 Å². The Bertz CT molecular complexity index is 931. The highest BCUT2D eigenvalue weighted by Gasteiger charge is 2.15. The minimum absolute atomic E-state index is 0.290. The van der Waals surface area contributed by atoms with Gasteiger partial charge in [0, 0.05) is 34.2 Å². The van der Waals surface area contributed by atoms with E-state index in [4.69, 9.17) is 17.3 Å². The molecule has 6 heteroatoms. The topological polar surface area (TPSA) is 77.1 Å². The predicted molar refractivity (Wildman–Crippen MR) is 90.8 cm³/mol. The zero-order valence-corrected chi connectivity index (χ0v) is 13.1. The number of aromatic nitrogens is 1. The number of nitrogens with one attached hydrogen (secondary N) is 1. The van der Waals surface area contributed by atoms with Crippen molar-refractivity contribution in [2.45, 2.75) is 0 Å². The van der Waals surface area contributed by atoms with Gasteiger partial charge < -0.3 is 15.6 Å². The second-order valence-corrected chi connectivity index (χ2v) is 5.57. The van der Waals surface area contributed by atoms with Gasteiger partial charge in [-0.2, -0.15) is 0 Å². The van der Waals surface area contributed by atoms with Gasteiger partial charge in [0.25, 0.3) is 5.91 Å². The molecule has 0 atom stereocenters. The van der Waals surface area contributed by atoms with Crippen LogP contribution in [0.3, 0.4) is 0 Å². The largest absolute Gasteiger partial charge is 0.366 e. The summed E-state index contributed by atoms with van der Waals surface area (Å²) in [6.07, 6.45) is 0. The lowest BCUT2D eigenvalue weighted by Crippen LogP contribution is -2.16. The van der Waals surface area contributed by atoms with Crippen molar-refractivity contribution in [3.63, 3.8) is 0 Å². The maximum Gasteiger partial charge on any atom is 0.272 e. The van der Waals surface area contributed by atoms with Crippen molar-refractivity contribution in [1.82, 2.24) is 4.57 Å². The van der Waals surface area contributed by atoms with Crippen LogP contribution in [0.1, 0.15) is 20.8 Å². The molecule has 1 aromatic heterocycles. The van der Waals surface area contributed by atoms with E-state index in [0.29, 0.717) is 22.0 Å². The lowest BCUT2D eigenvalue weighted by atomic mass is 10.2. The number of halogens is 1. The Kier molecular flexibility index (Phi) is 3.80. The Balaban J connectivity index is 1.95. The number of nitrogens with two attached hydrogens (primary N) is 1. The highest BCUT2D eigenvalue weighted by atomic mass is 35.5. The quantitative estimate of drug-likeness (QED) is 0.775. The molecule has 1 heterocycles. The summed E-state index contributed by atoms with van der Waals surface area (Å²) in [6.45, 7) is 0. The van der Waals surface area contributed by atoms with Gasteiger partial charge >= 0.3 is 0 Å². The Morgan fingerprint density at radius 3 is 2.57 bits per heavy atom. The summed E-state index contributed by atoms with van der Waals surface area (Å²) in [7, 11) is 1.80. The summed E-state index contributed by atoms with van der Waals surface area (Å²) in [4.78, 5) is 23.7. The number of rotatable bonds is 3. The van der Waals surface area contributed by atoms with E-state index in [1.54, 1.807) is 41.9 Å². The van der Waals surface area contributed by atoms with Gasteiger partial charge in [0.15, 0.2) is 0 Å². The Morgan fingerprint density at radius 2 is 1.87 bits per heavy atom. The molecule has 116 valence electrons. The van der Waals surface area contributed by atoms with Gasteiger partial charge in [-0.1, -0.05) is 23.7 Å². The number of carbonyl (C=O) groups excluding carboxylic acids is 2. The maximum absolute atomic E-state index is 12.5. The number of anilines is 1. The van der Waals surface area contributed by atoms with E-state index in [1.165, 1.54) is 6.07 Å². The molecular weight excluding hydrogens is 314 g/mol. The molecule has 0 spiro atoms. The van der Waals surface area contributed by atoms with Crippen molar-refractivity contribution in [2.75, 3.05) is 5.32 Å². The van der Waals surface area contributed by atoms with Crippen molar-refractivity contribution in [1.29, 1.82) is 0 Å². The third-order valence-electron chi connectivity index (χ3n) is 3.67. The van der Waals surface area contributed by atoms with E-state index in [1.807, 2.05) is 12.1 Å². The lowest BCUT2D eigenvalue weighted by Gasteiger charge is -2.07. The van der Waals surface area contributed by atoms with Crippen LogP contribution in [0.5, 0.6) is 0 Å². The fourth-order valence-corrected chi connectivity index (χ4v) is 2.71.